The van der Waals surface area contributed by atoms with Crippen molar-refractivity contribution in [2.45, 2.75) is 25.0 Å². The molecule has 0 fully saturated rings. The molecule has 4 rings (SSSR count). The van der Waals surface area contributed by atoms with Gasteiger partial charge in [-0.25, -0.2) is 13.1 Å². The van der Waals surface area contributed by atoms with Crippen LogP contribution in [-0.4, -0.2) is 45.7 Å². The fourth-order valence-electron chi connectivity index (χ4n) is 4.16. The third kappa shape index (κ3) is 7.31. The predicted molar refractivity (Wildman–Crippen MR) is 143 cm³/mol. The number of carbonyl (C=O) groups is 2. The molecular formula is C27H28ClN3O5S. The molecule has 0 saturated heterocycles. The Bertz CT molecular complexity index is 1350. The molecule has 3 aromatic rings. The number of amides is 2. The van der Waals surface area contributed by atoms with Crippen LogP contribution >= 0.6 is 11.6 Å². The van der Waals surface area contributed by atoms with E-state index in [4.69, 9.17) is 16.3 Å². The molecule has 0 radical (unpaired) electrons. The highest BCUT2D eigenvalue weighted by molar-refractivity contribution is 7.88. The zero-order valence-corrected chi connectivity index (χ0v) is 21.8. The van der Waals surface area contributed by atoms with Gasteiger partial charge in [-0.3, -0.25) is 9.59 Å². The van der Waals surface area contributed by atoms with E-state index in [1.54, 1.807) is 48.5 Å². The molecule has 1 aliphatic rings. The van der Waals surface area contributed by atoms with E-state index in [1.807, 2.05) is 30.3 Å². The molecule has 0 unspecified atom stereocenters. The first-order valence-electron chi connectivity index (χ1n) is 11.8. The van der Waals surface area contributed by atoms with Gasteiger partial charge in [-0.2, -0.15) is 0 Å². The minimum absolute atomic E-state index is 0.000764. The van der Waals surface area contributed by atoms with Crippen molar-refractivity contribution in [2.24, 2.45) is 0 Å². The van der Waals surface area contributed by atoms with Crippen LogP contribution in [0, 0.1) is 0 Å². The normalized spacial score (nSPS) is 15.8. The molecule has 1 aliphatic heterocycles. The first-order valence-corrected chi connectivity index (χ1v) is 14.1. The molecule has 194 valence electrons. The summed E-state index contributed by atoms with van der Waals surface area (Å²) in [4.78, 5) is 28.0. The maximum absolute atomic E-state index is 13.5. The Labute approximate surface area is 221 Å². The number of nitrogens with one attached hydrogen (secondary N) is 2. The quantitative estimate of drug-likeness (QED) is 0.431. The van der Waals surface area contributed by atoms with Crippen molar-refractivity contribution < 1.29 is 22.7 Å². The number of nitrogens with zero attached hydrogens (tertiary/aromatic N) is 1. The Hall–Kier alpha value is -3.40. The molecule has 10 heteroatoms. The number of halogens is 1. The van der Waals surface area contributed by atoms with Crippen LogP contribution in [-0.2, 0) is 26.0 Å². The number of para-hydroxylation sites is 2. The van der Waals surface area contributed by atoms with Crippen molar-refractivity contribution in [3.63, 3.8) is 0 Å². The summed E-state index contributed by atoms with van der Waals surface area (Å²) in [6.07, 6.45) is 0.635. The monoisotopic (exact) mass is 541 g/mol. The fourth-order valence-corrected chi connectivity index (χ4v) is 5.02. The first kappa shape index (κ1) is 26.7. The van der Waals surface area contributed by atoms with E-state index in [0.717, 1.165) is 11.8 Å². The van der Waals surface area contributed by atoms with Crippen LogP contribution in [0.2, 0.25) is 5.02 Å². The maximum Gasteiger partial charge on any atom is 0.262 e. The average molecular weight is 542 g/mol. The van der Waals surface area contributed by atoms with E-state index >= 15 is 0 Å². The zero-order chi connectivity index (χ0) is 26.4. The molecule has 0 saturated carbocycles. The SMILES string of the molecule is CS(=O)(=O)N[C@H](CC(=O)N1C[C@@H](C(=O)NCCc2ccccc2)Oc2ccccc21)c1ccc(Cl)cc1. The van der Waals surface area contributed by atoms with E-state index in [2.05, 4.69) is 10.0 Å². The molecular weight excluding hydrogens is 514 g/mol. The van der Waals surface area contributed by atoms with Crippen LogP contribution in [0.5, 0.6) is 5.75 Å². The molecule has 1 heterocycles. The van der Waals surface area contributed by atoms with Crippen LogP contribution in [0.1, 0.15) is 23.6 Å². The van der Waals surface area contributed by atoms with Crippen LogP contribution in [0.25, 0.3) is 0 Å². The molecule has 0 spiro atoms. The number of benzene rings is 3. The van der Waals surface area contributed by atoms with Crippen LogP contribution in [0.15, 0.2) is 78.9 Å². The number of sulfonamides is 1. The van der Waals surface area contributed by atoms with Crippen molar-refractivity contribution in [3.8, 4) is 5.75 Å². The summed E-state index contributed by atoms with van der Waals surface area (Å²) >= 11 is 5.98. The van der Waals surface area contributed by atoms with Crippen molar-refractivity contribution in [2.75, 3.05) is 24.2 Å². The lowest BCUT2D eigenvalue weighted by Gasteiger charge is -2.35. The van der Waals surface area contributed by atoms with Gasteiger partial charge in [-0.05, 0) is 41.8 Å². The van der Waals surface area contributed by atoms with Gasteiger partial charge in [0.15, 0.2) is 6.10 Å². The van der Waals surface area contributed by atoms with Crippen molar-refractivity contribution in [1.82, 2.24) is 10.0 Å². The second kappa shape index (κ2) is 11.8. The number of carbonyl (C=O) groups excluding carboxylic acids is 2. The van der Waals surface area contributed by atoms with Crippen LogP contribution < -0.4 is 19.7 Å². The second-order valence-corrected chi connectivity index (χ2v) is 11.0. The van der Waals surface area contributed by atoms with Gasteiger partial charge in [0.05, 0.1) is 24.5 Å². The lowest BCUT2D eigenvalue weighted by atomic mass is 10.0. The third-order valence-electron chi connectivity index (χ3n) is 5.93. The fraction of sp³-hybridized carbons (Fsp3) is 0.259. The van der Waals surface area contributed by atoms with Crippen LogP contribution in [0.3, 0.4) is 0 Å². The van der Waals surface area contributed by atoms with E-state index < -0.39 is 22.2 Å². The number of rotatable bonds is 9. The average Bonchev–Trinajstić information content (AvgIpc) is 2.88. The molecule has 2 N–H and O–H groups in total. The molecule has 3 aromatic carbocycles. The Balaban J connectivity index is 1.50. The summed E-state index contributed by atoms with van der Waals surface area (Å²) in [5.41, 5.74) is 2.22. The smallest absolute Gasteiger partial charge is 0.262 e. The Morgan fingerprint density at radius 1 is 1.03 bits per heavy atom. The minimum Gasteiger partial charge on any atom is -0.477 e. The van der Waals surface area contributed by atoms with Gasteiger partial charge in [-0.1, -0.05) is 66.2 Å². The summed E-state index contributed by atoms with van der Waals surface area (Å²) in [5.74, 6) is -0.273. The zero-order valence-electron chi connectivity index (χ0n) is 20.3. The van der Waals surface area contributed by atoms with Crippen LogP contribution in [0.4, 0.5) is 5.69 Å². The van der Waals surface area contributed by atoms with Gasteiger partial charge < -0.3 is 15.0 Å². The largest absolute Gasteiger partial charge is 0.477 e. The second-order valence-electron chi connectivity index (χ2n) is 8.80. The molecule has 0 aromatic heterocycles. The molecule has 2 amide bonds. The highest BCUT2D eigenvalue weighted by Crippen LogP contribution is 2.34. The number of fused-ring (bicyclic) bond motifs is 1. The molecule has 37 heavy (non-hydrogen) atoms. The highest BCUT2D eigenvalue weighted by atomic mass is 35.5. The number of anilines is 1. The number of ether oxygens (including phenoxy) is 1. The van der Waals surface area contributed by atoms with Crippen molar-refractivity contribution in [1.29, 1.82) is 0 Å². The molecule has 0 aliphatic carbocycles. The third-order valence-corrected chi connectivity index (χ3v) is 6.89. The summed E-state index contributed by atoms with van der Waals surface area (Å²) in [7, 11) is -3.62. The Morgan fingerprint density at radius 2 is 1.70 bits per heavy atom. The van der Waals surface area contributed by atoms with E-state index in [0.29, 0.717) is 35.0 Å². The van der Waals surface area contributed by atoms with E-state index in [1.165, 1.54) is 4.90 Å². The summed E-state index contributed by atoms with van der Waals surface area (Å²) in [6, 6.07) is 22.6. The first-order chi connectivity index (χ1) is 17.7. The topological polar surface area (TPSA) is 105 Å². The molecule has 0 bridgehead atoms. The summed E-state index contributed by atoms with van der Waals surface area (Å²) in [6.45, 7) is 0.425. The van der Waals surface area contributed by atoms with Gasteiger partial charge in [0.1, 0.15) is 5.75 Å². The molecule has 8 nitrogen and oxygen atoms in total. The van der Waals surface area contributed by atoms with Gasteiger partial charge in [0, 0.05) is 18.0 Å². The highest BCUT2D eigenvalue weighted by Gasteiger charge is 2.35. The van der Waals surface area contributed by atoms with Gasteiger partial charge in [0.2, 0.25) is 15.9 Å². The van der Waals surface area contributed by atoms with E-state index in [9.17, 15) is 18.0 Å². The Kier molecular flexibility index (Phi) is 8.48. The Morgan fingerprint density at radius 3 is 2.41 bits per heavy atom. The lowest BCUT2D eigenvalue weighted by molar-refractivity contribution is -0.128. The molecule has 2 atom stereocenters. The van der Waals surface area contributed by atoms with E-state index in [-0.39, 0.29) is 24.8 Å². The minimum atomic E-state index is -3.62. The summed E-state index contributed by atoms with van der Waals surface area (Å²) < 4.78 is 32.6. The predicted octanol–water partition coefficient (Wildman–Crippen LogP) is 3.47. The van der Waals surface area contributed by atoms with Gasteiger partial charge in [0.25, 0.3) is 5.91 Å². The standard InChI is InChI=1S/C27H28ClN3O5S/c1-37(34,35)30-22(20-11-13-21(28)14-12-20)17-26(32)31-18-25(36-24-10-6-5-9-23(24)31)27(33)29-16-15-19-7-3-2-4-8-19/h2-14,22,25,30H,15-18H2,1H3,(H,29,33)/t22-,25+/m1/s1. The lowest BCUT2D eigenvalue weighted by Crippen LogP contribution is -2.51. The number of hydrogen-bond donors (Lipinski definition) is 2. The summed E-state index contributed by atoms with van der Waals surface area (Å²) in [5, 5.41) is 3.38. The van der Waals surface area contributed by atoms with Crippen molar-refractivity contribution >= 4 is 39.1 Å². The van der Waals surface area contributed by atoms with Crippen molar-refractivity contribution in [3.05, 3.63) is 95.0 Å². The van der Waals surface area contributed by atoms with Gasteiger partial charge >= 0.3 is 0 Å². The van der Waals surface area contributed by atoms with Gasteiger partial charge in [-0.15, -0.1) is 0 Å². The maximum atomic E-state index is 13.5. The number of hydrogen-bond acceptors (Lipinski definition) is 5.